The zero-order chi connectivity index (χ0) is 19.5. The van der Waals surface area contributed by atoms with Crippen LogP contribution in [0.4, 0.5) is 23.1 Å². The Labute approximate surface area is 163 Å². The van der Waals surface area contributed by atoms with Gasteiger partial charge in [-0.25, -0.2) is 9.19 Å². The Hall–Kier alpha value is -1.71. The largest absolute Gasteiger partial charge is 0.388 e. The van der Waals surface area contributed by atoms with Crippen molar-refractivity contribution >= 4 is 48.8 Å². The van der Waals surface area contributed by atoms with Crippen LogP contribution in [-0.4, -0.2) is 43.4 Å². The molecule has 1 atom stereocenters. The predicted octanol–water partition coefficient (Wildman–Crippen LogP) is 3.91. The highest BCUT2D eigenvalue weighted by Crippen LogP contribution is 2.25. The first-order valence-corrected chi connectivity index (χ1v) is 11.1. The average Bonchev–Trinajstić information content (AvgIpc) is 2.50. The van der Waals surface area contributed by atoms with Crippen LogP contribution in [0.25, 0.3) is 0 Å². The number of nitrogens with one attached hydrogen (secondary N) is 2. The minimum absolute atomic E-state index is 0.208. The molecule has 0 aliphatic rings. The Balaban J connectivity index is 2.18. The summed E-state index contributed by atoms with van der Waals surface area (Å²) in [6, 6.07) is 7.00. The second-order valence-electron chi connectivity index (χ2n) is 6.85. The van der Waals surface area contributed by atoms with Crippen LogP contribution in [0.1, 0.15) is 20.8 Å². The van der Waals surface area contributed by atoms with Gasteiger partial charge in [-0.1, -0.05) is 0 Å². The molecule has 0 bridgehead atoms. The van der Waals surface area contributed by atoms with Crippen molar-refractivity contribution in [1.82, 2.24) is 9.97 Å². The molecule has 0 unspecified atom stereocenters. The Bertz CT molecular complexity index is 879. The summed E-state index contributed by atoms with van der Waals surface area (Å²) in [4.78, 5) is 8.69. The smallest absolute Gasteiger partial charge is 0.229 e. The van der Waals surface area contributed by atoms with Gasteiger partial charge >= 0.3 is 0 Å². The van der Waals surface area contributed by atoms with E-state index in [0.29, 0.717) is 21.9 Å². The van der Waals surface area contributed by atoms with Crippen molar-refractivity contribution in [3.05, 3.63) is 34.9 Å². The molecule has 7 nitrogen and oxygen atoms in total. The Morgan fingerprint density at radius 2 is 1.88 bits per heavy atom. The molecule has 0 spiro atoms. The molecule has 0 saturated heterocycles. The minimum atomic E-state index is -2.19. The van der Waals surface area contributed by atoms with Crippen LogP contribution in [-0.2, 0) is 9.73 Å². The SMILES string of the molecule is C[C@@H](Nc1nc(Nc2ccc(N=S(C)(C)=O)cc2)ncc1Br)C(C)(C)O. The summed E-state index contributed by atoms with van der Waals surface area (Å²) in [5.41, 5.74) is 0.546. The quantitative estimate of drug-likeness (QED) is 0.627. The van der Waals surface area contributed by atoms with Gasteiger partial charge in [0.25, 0.3) is 0 Å². The van der Waals surface area contributed by atoms with Gasteiger partial charge in [0, 0.05) is 34.1 Å². The number of aliphatic hydroxyl groups is 1. The van der Waals surface area contributed by atoms with Crippen LogP contribution in [0.5, 0.6) is 0 Å². The molecule has 0 aliphatic carbocycles. The first-order valence-electron chi connectivity index (χ1n) is 8.00. The fourth-order valence-electron chi connectivity index (χ4n) is 1.90. The third-order valence-electron chi connectivity index (χ3n) is 3.61. The Morgan fingerprint density at radius 1 is 1.27 bits per heavy atom. The topological polar surface area (TPSA) is 99.5 Å². The van der Waals surface area contributed by atoms with E-state index in [0.717, 1.165) is 5.69 Å². The summed E-state index contributed by atoms with van der Waals surface area (Å²) in [7, 11) is -2.19. The maximum absolute atomic E-state index is 11.7. The van der Waals surface area contributed by atoms with E-state index in [9.17, 15) is 9.32 Å². The highest BCUT2D eigenvalue weighted by Gasteiger charge is 2.23. The highest BCUT2D eigenvalue weighted by molar-refractivity contribution is 9.10. The van der Waals surface area contributed by atoms with Gasteiger partial charge in [-0.3, -0.25) is 0 Å². The number of halogens is 1. The van der Waals surface area contributed by atoms with Crippen LogP contribution in [0.2, 0.25) is 0 Å². The fourth-order valence-corrected chi connectivity index (χ4v) is 2.83. The number of benzene rings is 1. The lowest BCUT2D eigenvalue weighted by atomic mass is 10.0. The molecule has 3 N–H and O–H groups in total. The zero-order valence-corrected chi connectivity index (χ0v) is 17.8. The van der Waals surface area contributed by atoms with Crippen molar-refractivity contribution in [2.24, 2.45) is 4.36 Å². The Kier molecular flexibility index (Phi) is 6.25. The number of hydrogen-bond acceptors (Lipinski definition) is 7. The first kappa shape index (κ1) is 20.6. The highest BCUT2D eigenvalue weighted by atomic mass is 79.9. The van der Waals surface area contributed by atoms with Gasteiger partial charge in [0.15, 0.2) is 0 Å². The molecular formula is C17H24BrN5O2S. The molecule has 0 radical (unpaired) electrons. The monoisotopic (exact) mass is 441 g/mol. The van der Waals surface area contributed by atoms with Gasteiger partial charge in [-0.05, 0) is 61.0 Å². The van der Waals surface area contributed by atoms with Gasteiger partial charge in [-0.2, -0.15) is 9.35 Å². The van der Waals surface area contributed by atoms with Crippen molar-refractivity contribution in [3.63, 3.8) is 0 Å². The second-order valence-corrected chi connectivity index (χ2v) is 10.3. The van der Waals surface area contributed by atoms with Gasteiger partial charge < -0.3 is 15.7 Å². The van der Waals surface area contributed by atoms with E-state index in [-0.39, 0.29) is 6.04 Å². The molecule has 1 aromatic heterocycles. The lowest BCUT2D eigenvalue weighted by Crippen LogP contribution is -2.39. The Morgan fingerprint density at radius 3 is 2.42 bits per heavy atom. The normalized spacial score (nSPS) is 13.2. The van der Waals surface area contributed by atoms with E-state index >= 15 is 0 Å². The fraction of sp³-hybridized carbons (Fsp3) is 0.412. The summed E-state index contributed by atoms with van der Waals surface area (Å²) in [6.45, 7) is 5.34. The van der Waals surface area contributed by atoms with E-state index < -0.39 is 15.3 Å². The number of anilines is 3. The molecule has 0 fully saturated rings. The van der Waals surface area contributed by atoms with Gasteiger partial charge in [0.1, 0.15) is 5.82 Å². The van der Waals surface area contributed by atoms with Crippen LogP contribution in [0.15, 0.2) is 39.3 Å². The van der Waals surface area contributed by atoms with Crippen molar-refractivity contribution in [1.29, 1.82) is 0 Å². The van der Waals surface area contributed by atoms with E-state index in [1.807, 2.05) is 19.1 Å². The third-order valence-corrected chi connectivity index (χ3v) is 4.84. The molecule has 26 heavy (non-hydrogen) atoms. The molecule has 0 saturated carbocycles. The molecule has 2 aromatic rings. The second kappa shape index (κ2) is 7.89. The van der Waals surface area contributed by atoms with Gasteiger partial charge in [-0.15, -0.1) is 0 Å². The van der Waals surface area contributed by atoms with Crippen LogP contribution >= 0.6 is 15.9 Å². The average molecular weight is 442 g/mol. The summed E-state index contributed by atoms with van der Waals surface area (Å²) >= 11 is 3.41. The van der Waals surface area contributed by atoms with E-state index in [4.69, 9.17) is 0 Å². The zero-order valence-electron chi connectivity index (χ0n) is 15.4. The maximum Gasteiger partial charge on any atom is 0.229 e. The van der Waals surface area contributed by atoms with Crippen LogP contribution in [0, 0.1) is 0 Å². The number of aromatic nitrogens is 2. The first-order chi connectivity index (χ1) is 11.9. The summed E-state index contributed by atoms with van der Waals surface area (Å²) in [5, 5.41) is 16.4. The summed E-state index contributed by atoms with van der Waals surface area (Å²) in [6.07, 6.45) is 4.83. The van der Waals surface area contributed by atoms with E-state index in [2.05, 4.69) is 40.9 Å². The van der Waals surface area contributed by atoms with E-state index in [1.54, 1.807) is 44.7 Å². The maximum atomic E-state index is 11.7. The number of rotatable bonds is 6. The molecule has 0 aliphatic heterocycles. The number of hydrogen-bond donors (Lipinski definition) is 3. The van der Waals surface area contributed by atoms with Crippen molar-refractivity contribution in [2.75, 3.05) is 23.1 Å². The van der Waals surface area contributed by atoms with Crippen molar-refractivity contribution in [2.45, 2.75) is 32.4 Å². The summed E-state index contributed by atoms with van der Waals surface area (Å²) < 4.78 is 16.6. The molecule has 1 aromatic carbocycles. The minimum Gasteiger partial charge on any atom is -0.388 e. The molecule has 9 heteroatoms. The van der Waals surface area contributed by atoms with Crippen molar-refractivity contribution < 1.29 is 9.32 Å². The molecule has 2 rings (SSSR count). The van der Waals surface area contributed by atoms with Crippen LogP contribution in [0.3, 0.4) is 0 Å². The molecule has 142 valence electrons. The molecule has 0 amide bonds. The predicted molar refractivity (Wildman–Crippen MR) is 111 cm³/mol. The number of nitrogens with zero attached hydrogens (tertiary/aromatic N) is 3. The van der Waals surface area contributed by atoms with Crippen molar-refractivity contribution in [3.8, 4) is 0 Å². The molecular weight excluding hydrogens is 418 g/mol. The van der Waals surface area contributed by atoms with Gasteiger partial charge in [0.2, 0.25) is 5.95 Å². The molecule has 1 heterocycles. The lowest BCUT2D eigenvalue weighted by molar-refractivity contribution is 0.0647. The van der Waals surface area contributed by atoms with Gasteiger partial charge in [0.05, 0.1) is 21.8 Å². The van der Waals surface area contributed by atoms with Crippen LogP contribution < -0.4 is 10.6 Å². The van der Waals surface area contributed by atoms with E-state index in [1.165, 1.54) is 0 Å². The summed E-state index contributed by atoms with van der Waals surface area (Å²) in [5.74, 6) is 0.999. The standard InChI is InChI=1S/C17H24BrN5O2S/c1-11(17(2,3)24)20-15-14(18)10-19-16(22-15)21-12-6-8-13(9-7-12)23-26(4,5)25/h6-11,24H,1-5H3,(H2,19,20,21,22)/t11-/m1/s1. The third kappa shape index (κ3) is 6.22. The lowest BCUT2D eigenvalue weighted by Gasteiger charge is -2.27.